The summed E-state index contributed by atoms with van der Waals surface area (Å²) in [4.78, 5) is 26.4. The molecule has 1 aliphatic heterocycles. The molecule has 1 heterocycles. The van der Waals surface area contributed by atoms with Crippen LogP contribution < -0.4 is 5.32 Å². The maximum Gasteiger partial charge on any atom is 0.246 e. The van der Waals surface area contributed by atoms with E-state index in [9.17, 15) is 9.59 Å². The maximum absolute atomic E-state index is 12.3. The fourth-order valence-corrected chi connectivity index (χ4v) is 3.68. The second kappa shape index (κ2) is 5.20. The van der Waals surface area contributed by atoms with E-state index in [1.54, 1.807) is 4.90 Å². The number of nitrogens with zero attached hydrogens (tertiary/aromatic N) is 1. The van der Waals surface area contributed by atoms with E-state index in [0.29, 0.717) is 6.54 Å². The Bertz CT molecular complexity index is 553. The van der Waals surface area contributed by atoms with Crippen molar-refractivity contribution in [1.29, 1.82) is 0 Å². The zero-order chi connectivity index (χ0) is 14.2. The lowest BCUT2D eigenvalue weighted by molar-refractivity contribution is -0.154. The molecule has 0 atom stereocenters. The van der Waals surface area contributed by atoms with Crippen molar-refractivity contribution < 1.29 is 9.59 Å². The van der Waals surface area contributed by atoms with Crippen molar-refractivity contribution in [1.82, 2.24) is 10.2 Å². The van der Waals surface area contributed by atoms with Gasteiger partial charge in [0, 0.05) is 11.0 Å². The van der Waals surface area contributed by atoms with E-state index in [2.05, 4.69) is 21.2 Å². The zero-order valence-electron chi connectivity index (χ0n) is 11.2. The van der Waals surface area contributed by atoms with Gasteiger partial charge in [0.05, 0.1) is 6.54 Å². The summed E-state index contributed by atoms with van der Waals surface area (Å²) in [6.45, 7) is 0.610. The molecule has 1 saturated carbocycles. The lowest BCUT2D eigenvalue weighted by Crippen LogP contribution is -2.65. The van der Waals surface area contributed by atoms with Crippen molar-refractivity contribution in [2.24, 2.45) is 0 Å². The van der Waals surface area contributed by atoms with E-state index in [1.807, 2.05) is 24.3 Å². The molecule has 1 spiro atoms. The van der Waals surface area contributed by atoms with Gasteiger partial charge < -0.3 is 10.2 Å². The number of benzene rings is 1. The van der Waals surface area contributed by atoms with E-state index in [1.165, 1.54) is 0 Å². The zero-order valence-corrected chi connectivity index (χ0v) is 12.8. The highest BCUT2D eigenvalue weighted by Crippen LogP contribution is 2.38. The molecule has 5 heteroatoms. The van der Waals surface area contributed by atoms with Gasteiger partial charge in [-0.15, -0.1) is 0 Å². The first-order valence-electron chi connectivity index (χ1n) is 6.96. The molecule has 0 radical (unpaired) electrons. The molecular weight excluding hydrogens is 320 g/mol. The lowest BCUT2D eigenvalue weighted by atomic mass is 9.90. The third kappa shape index (κ3) is 2.14. The number of carbonyl (C=O) groups is 2. The van der Waals surface area contributed by atoms with Crippen LogP contribution in [0.15, 0.2) is 28.7 Å². The summed E-state index contributed by atoms with van der Waals surface area (Å²) >= 11 is 3.52. The van der Waals surface area contributed by atoms with Crippen LogP contribution in [0.1, 0.15) is 31.2 Å². The Labute approximate surface area is 126 Å². The Balaban J connectivity index is 1.94. The average Bonchev–Trinajstić information content (AvgIpc) is 2.92. The monoisotopic (exact) mass is 336 g/mol. The average molecular weight is 337 g/mol. The Morgan fingerprint density at radius 2 is 1.90 bits per heavy atom. The van der Waals surface area contributed by atoms with Gasteiger partial charge in [-0.3, -0.25) is 9.59 Å². The van der Waals surface area contributed by atoms with Crippen LogP contribution in [0.5, 0.6) is 0 Å². The molecule has 2 aliphatic rings. The number of halogens is 1. The summed E-state index contributed by atoms with van der Waals surface area (Å²) in [5.41, 5.74) is 0.423. The van der Waals surface area contributed by atoms with Gasteiger partial charge in [-0.2, -0.15) is 0 Å². The lowest BCUT2D eigenvalue weighted by Gasteiger charge is -2.43. The molecule has 3 rings (SSSR count). The number of amides is 2. The molecule has 0 aromatic heterocycles. The van der Waals surface area contributed by atoms with Gasteiger partial charge in [0.25, 0.3) is 0 Å². The molecule has 2 fully saturated rings. The van der Waals surface area contributed by atoms with Crippen molar-refractivity contribution in [3.8, 4) is 0 Å². The van der Waals surface area contributed by atoms with Crippen LogP contribution in [0.2, 0.25) is 0 Å². The van der Waals surface area contributed by atoms with E-state index in [0.717, 1.165) is 35.7 Å². The van der Waals surface area contributed by atoms with Crippen LogP contribution in [0.4, 0.5) is 0 Å². The van der Waals surface area contributed by atoms with Gasteiger partial charge in [-0.25, -0.2) is 0 Å². The number of piperazine rings is 1. The fourth-order valence-electron chi connectivity index (χ4n) is 3.27. The topological polar surface area (TPSA) is 49.4 Å². The van der Waals surface area contributed by atoms with Crippen LogP contribution in [-0.2, 0) is 16.1 Å². The normalized spacial score (nSPS) is 21.4. The number of nitrogens with one attached hydrogen (secondary N) is 1. The number of rotatable bonds is 2. The van der Waals surface area contributed by atoms with Crippen LogP contribution in [-0.4, -0.2) is 28.8 Å². The summed E-state index contributed by atoms with van der Waals surface area (Å²) in [5.74, 6) is 0.0314. The van der Waals surface area contributed by atoms with Crippen LogP contribution in [0.3, 0.4) is 0 Å². The molecule has 0 unspecified atom stereocenters. The molecule has 1 aromatic rings. The van der Waals surface area contributed by atoms with Gasteiger partial charge in [0.15, 0.2) is 0 Å². The Morgan fingerprint density at radius 3 is 2.60 bits per heavy atom. The Hall–Kier alpha value is -1.36. The van der Waals surface area contributed by atoms with E-state index in [-0.39, 0.29) is 18.4 Å². The van der Waals surface area contributed by atoms with Crippen LogP contribution in [0, 0.1) is 0 Å². The van der Waals surface area contributed by atoms with Crippen LogP contribution in [0.25, 0.3) is 0 Å². The second-order valence-corrected chi connectivity index (χ2v) is 6.35. The first-order valence-corrected chi connectivity index (χ1v) is 7.75. The third-order valence-corrected chi connectivity index (χ3v) is 5.13. The van der Waals surface area contributed by atoms with Crippen molar-refractivity contribution >= 4 is 27.7 Å². The van der Waals surface area contributed by atoms with Gasteiger partial charge >= 0.3 is 0 Å². The minimum Gasteiger partial charge on any atom is -0.345 e. The van der Waals surface area contributed by atoms with Crippen molar-refractivity contribution in [3.05, 3.63) is 34.3 Å². The maximum atomic E-state index is 12.3. The number of carbonyl (C=O) groups excluding carboxylic acids is 2. The van der Waals surface area contributed by atoms with E-state index in [4.69, 9.17) is 0 Å². The summed E-state index contributed by atoms with van der Waals surface area (Å²) in [5, 5.41) is 2.75. The second-order valence-electron chi connectivity index (χ2n) is 5.49. The Kier molecular flexibility index (Phi) is 3.54. The highest BCUT2D eigenvalue weighted by atomic mass is 79.9. The molecule has 106 valence electrons. The molecule has 1 N–H and O–H groups in total. The first-order chi connectivity index (χ1) is 9.63. The van der Waals surface area contributed by atoms with Crippen LogP contribution >= 0.6 is 15.9 Å². The van der Waals surface area contributed by atoms with Crippen molar-refractivity contribution in [2.75, 3.05) is 6.54 Å². The van der Waals surface area contributed by atoms with Crippen molar-refractivity contribution in [2.45, 2.75) is 37.8 Å². The molecule has 4 nitrogen and oxygen atoms in total. The van der Waals surface area contributed by atoms with Gasteiger partial charge in [-0.1, -0.05) is 47.0 Å². The highest BCUT2D eigenvalue weighted by Gasteiger charge is 2.50. The predicted molar refractivity (Wildman–Crippen MR) is 78.9 cm³/mol. The van der Waals surface area contributed by atoms with E-state index >= 15 is 0 Å². The van der Waals surface area contributed by atoms with E-state index < -0.39 is 5.54 Å². The summed E-state index contributed by atoms with van der Waals surface area (Å²) < 4.78 is 0.979. The molecule has 1 aliphatic carbocycles. The molecule has 20 heavy (non-hydrogen) atoms. The number of hydrogen-bond donors (Lipinski definition) is 1. The largest absolute Gasteiger partial charge is 0.345 e. The SMILES string of the molecule is O=C1CNC(=O)C2(CCCC2)N1Cc1ccccc1Br. The molecule has 2 amide bonds. The number of hydrogen-bond acceptors (Lipinski definition) is 2. The summed E-state index contributed by atoms with van der Waals surface area (Å²) in [6, 6.07) is 7.86. The third-order valence-electron chi connectivity index (χ3n) is 4.36. The minimum absolute atomic E-state index is 0.0154. The van der Waals surface area contributed by atoms with Crippen molar-refractivity contribution in [3.63, 3.8) is 0 Å². The molecule has 1 saturated heterocycles. The smallest absolute Gasteiger partial charge is 0.246 e. The van der Waals surface area contributed by atoms with Gasteiger partial charge in [0.2, 0.25) is 11.8 Å². The van der Waals surface area contributed by atoms with Gasteiger partial charge in [-0.05, 0) is 24.5 Å². The minimum atomic E-state index is -0.620. The Morgan fingerprint density at radius 1 is 1.20 bits per heavy atom. The quantitative estimate of drug-likeness (QED) is 0.900. The highest BCUT2D eigenvalue weighted by molar-refractivity contribution is 9.10. The molecule has 0 bridgehead atoms. The standard InChI is InChI=1S/C15H17BrN2O2/c16-12-6-2-1-5-11(12)10-18-13(19)9-17-14(20)15(18)7-3-4-8-15/h1-2,5-6H,3-4,7-10H2,(H,17,20). The fraction of sp³-hybridized carbons (Fsp3) is 0.467. The predicted octanol–water partition coefficient (Wildman–Crippen LogP) is 2.22. The molecule has 1 aromatic carbocycles. The first kappa shape index (κ1) is 13.6. The summed E-state index contributed by atoms with van der Waals surface area (Å²) in [7, 11) is 0. The van der Waals surface area contributed by atoms with Gasteiger partial charge in [0.1, 0.15) is 5.54 Å². The summed E-state index contributed by atoms with van der Waals surface area (Å²) in [6.07, 6.45) is 3.56. The molecular formula is C15H17BrN2O2.